The summed E-state index contributed by atoms with van der Waals surface area (Å²) in [6.07, 6.45) is 16.7. The predicted molar refractivity (Wildman–Crippen MR) is 128 cm³/mol. The van der Waals surface area contributed by atoms with Gasteiger partial charge in [0.15, 0.2) is 5.78 Å². The Labute approximate surface area is 182 Å². The van der Waals surface area contributed by atoms with Gasteiger partial charge in [-0.25, -0.2) is 0 Å². The summed E-state index contributed by atoms with van der Waals surface area (Å²) in [6.45, 7) is 3.03. The number of hydrogen-bond donors (Lipinski definition) is 1. The maximum absolute atomic E-state index is 12.2. The number of rotatable bonds is 15. The maximum Gasteiger partial charge on any atom is 0.185 e. The van der Waals surface area contributed by atoms with Crippen LogP contribution in [0.15, 0.2) is 54.6 Å². The fourth-order valence-electron chi connectivity index (χ4n) is 3.37. The number of nitrogens with two attached hydrogens (primary N) is 1. The number of carbonyl (C=O) groups is 1. The van der Waals surface area contributed by atoms with E-state index in [1.54, 1.807) is 30.3 Å². The predicted octanol–water partition coefficient (Wildman–Crippen LogP) is 7.46. The minimum Gasteiger partial charge on any atom is -0.494 e. The molecule has 0 radical (unpaired) electrons. The zero-order valence-corrected chi connectivity index (χ0v) is 18.4. The molecule has 0 fully saturated rings. The summed E-state index contributed by atoms with van der Waals surface area (Å²) in [5.41, 5.74) is 7.92. The number of unbranched alkanes of at least 4 members (excludes halogenated alkanes) is 9. The van der Waals surface area contributed by atoms with Gasteiger partial charge in [0, 0.05) is 11.3 Å². The van der Waals surface area contributed by atoms with Gasteiger partial charge in [0.1, 0.15) is 5.75 Å². The van der Waals surface area contributed by atoms with E-state index in [1.165, 1.54) is 57.8 Å². The molecule has 0 saturated carbocycles. The monoisotopic (exact) mass is 407 g/mol. The first-order valence-electron chi connectivity index (χ1n) is 11.5. The summed E-state index contributed by atoms with van der Waals surface area (Å²) in [5.74, 6) is 0.851. The van der Waals surface area contributed by atoms with Crippen LogP contribution in [0.3, 0.4) is 0 Å². The quantitative estimate of drug-likeness (QED) is 0.144. The number of carbonyl (C=O) groups excluding carboxylic acids is 1. The van der Waals surface area contributed by atoms with Crippen molar-refractivity contribution in [3.05, 3.63) is 65.7 Å². The third-order valence-electron chi connectivity index (χ3n) is 5.27. The largest absolute Gasteiger partial charge is 0.494 e. The van der Waals surface area contributed by atoms with Crippen LogP contribution in [0.25, 0.3) is 6.08 Å². The SMILES string of the molecule is CCCCCCCCCCCCOc1ccc(C=CC(=O)c2ccc(N)cc2)cc1. The van der Waals surface area contributed by atoms with E-state index in [4.69, 9.17) is 10.5 Å². The fourth-order valence-corrected chi connectivity index (χ4v) is 3.37. The van der Waals surface area contributed by atoms with Gasteiger partial charge in [-0.1, -0.05) is 82.9 Å². The van der Waals surface area contributed by atoms with Crippen LogP contribution in [0.4, 0.5) is 5.69 Å². The zero-order chi connectivity index (χ0) is 21.4. The average Bonchev–Trinajstić information content (AvgIpc) is 2.77. The third-order valence-corrected chi connectivity index (χ3v) is 5.27. The fraction of sp³-hybridized carbons (Fsp3) is 0.444. The lowest BCUT2D eigenvalue weighted by Crippen LogP contribution is -1.97. The lowest BCUT2D eigenvalue weighted by Gasteiger charge is -2.06. The first-order valence-corrected chi connectivity index (χ1v) is 11.5. The first kappa shape index (κ1) is 23.7. The molecule has 0 atom stereocenters. The van der Waals surface area contributed by atoms with Crippen molar-refractivity contribution in [3.63, 3.8) is 0 Å². The van der Waals surface area contributed by atoms with Gasteiger partial charge < -0.3 is 10.5 Å². The highest BCUT2D eigenvalue weighted by Gasteiger charge is 2.01. The van der Waals surface area contributed by atoms with Gasteiger partial charge in [0.25, 0.3) is 0 Å². The highest BCUT2D eigenvalue weighted by atomic mass is 16.5. The Morgan fingerprint density at radius 2 is 1.37 bits per heavy atom. The van der Waals surface area contributed by atoms with Crippen molar-refractivity contribution in [2.24, 2.45) is 0 Å². The van der Waals surface area contributed by atoms with E-state index in [0.717, 1.165) is 24.3 Å². The number of ketones is 1. The number of anilines is 1. The molecule has 0 aliphatic carbocycles. The van der Waals surface area contributed by atoms with Gasteiger partial charge in [-0.15, -0.1) is 0 Å². The summed E-state index contributed by atoms with van der Waals surface area (Å²) in [5, 5.41) is 0. The Morgan fingerprint density at radius 1 is 0.800 bits per heavy atom. The lowest BCUT2D eigenvalue weighted by molar-refractivity contribution is 0.104. The van der Waals surface area contributed by atoms with E-state index in [1.807, 2.05) is 30.3 Å². The van der Waals surface area contributed by atoms with Gasteiger partial charge in [-0.2, -0.15) is 0 Å². The number of allylic oxidation sites excluding steroid dienone is 1. The molecular formula is C27H37NO2. The maximum atomic E-state index is 12.2. The second-order valence-corrected chi connectivity index (χ2v) is 7.92. The highest BCUT2D eigenvalue weighted by Crippen LogP contribution is 2.15. The third kappa shape index (κ3) is 9.78. The molecule has 0 aliphatic rings. The average molecular weight is 408 g/mol. The molecular weight excluding hydrogens is 370 g/mol. The molecule has 162 valence electrons. The summed E-state index contributed by atoms with van der Waals surface area (Å²) in [6, 6.07) is 14.8. The Hall–Kier alpha value is -2.55. The Bertz CT molecular complexity index is 747. The van der Waals surface area contributed by atoms with Crippen LogP contribution in [0.5, 0.6) is 5.75 Å². The zero-order valence-electron chi connectivity index (χ0n) is 18.4. The Balaban J connectivity index is 1.58. The van der Waals surface area contributed by atoms with Crippen molar-refractivity contribution in [2.75, 3.05) is 12.3 Å². The Kier molecular flexibility index (Phi) is 11.4. The standard InChI is InChI=1S/C27H37NO2/c1-2-3-4-5-6-7-8-9-10-11-22-30-26-19-12-23(13-20-26)14-21-27(29)24-15-17-25(28)18-16-24/h12-21H,2-11,22,28H2,1H3. The molecule has 0 aliphatic heterocycles. The first-order chi connectivity index (χ1) is 14.7. The van der Waals surface area contributed by atoms with Crippen LogP contribution in [0, 0.1) is 0 Å². The second-order valence-electron chi connectivity index (χ2n) is 7.92. The molecule has 0 saturated heterocycles. The molecule has 2 N–H and O–H groups in total. The van der Waals surface area contributed by atoms with Gasteiger partial charge in [-0.05, 0) is 54.5 Å². The summed E-state index contributed by atoms with van der Waals surface area (Å²) in [4.78, 5) is 12.2. The smallest absolute Gasteiger partial charge is 0.185 e. The molecule has 2 aromatic carbocycles. The van der Waals surface area contributed by atoms with Crippen molar-refractivity contribution in [3.8, 4) is 5.75 Å². The second kappa shape index (κ2) is 14.4. The molecule has 0 spiro atoms. The van der Waals surface area contributed by atoms with Crippen LogP contribution in [-0.2, 0) is 0 Å². The minimum atomic E-state index is -0.0312. The highest BCUT2D eigenvalue weighted by molar-refractivity contribution is 6.06. The number of ether oxygens (including phenoxy) is 1. The van der Waals surface area contributed by atoms with Crippen molar-refractivity contribution in [2.45, 2.75) is 71.1 Å². The number of hydrogen-bond acceptors (Lipinski definition) is 3. The molecule has 0 bridgehead atoms. The molecule has 0 heterocycles. The molecule has 0 amide bonds. The molecule has 0 unspecified atom stereocenters. The van der Waals surface area contributed by atoms with Gasteiger partial charge in [-0.3, -0.25) is 4.79 Å². The van der Waals surface area contributed by atoms with E-state index < -0.39 is 0 Å². The summed E-state index contributed by atoms with van der Waals surface area (Å²) >= 11 is 0. The topological polar surface area (TPSA) is 52.3 Å². The van der Waals surface area contributed by atoms with Crippen LogP contribution in [0.2, 0.25) is 0 Å². The molecule has 3 heteroatoms. The normalized spacial score (nSPS) is 11.1. The van der Waals surface area contributed by atoms with Crippen LogP contribution < -0.4 is 10.5 Å². The van der Waals surface area contributed by atoms with Crippen LogP contribution in [0.1, 0.15) is 87.1 Å². The van der Waals surface area contributed by atoms with Crippen LogP contribution in [-0.4, -0.2) is 12.4 Å². The van der Waals surface area contributed by atoms with E-state index in [9.17, 15) is 4.79 Å². The van der Waals surface area contributed by atoms with Gasteiger partial charge in [0.2, 0.25) is 0 Å². The summed E-state index contributed by atoms with van der Waals surface area (Å²) in [7, 11) is 0. The lowest BCUT2D eigenvalue weighted by atomic mass is 10.1. The minimum absolute atomic E-state index is 0.0312. The van der Waals surface area contributed by atoms with Crippen molar-refractivity contribution < 1.29 is 9.53 Å². The molecule has 0 aromatic heterocycles. The molecule has 2 rings (SSSR count). The Morgan fingerprint density at radius 3 is 1.97 bits per heavy atom. The van der Waals surface area contributed by atoms with E-state index in [0.29, 0.717) is 11.3 Å². The number of nitrogen functional groups attached to an aromatic ring is 1. The van der Waals surface area contributed by atoms with E-state index in [-0.39, 0.29) is 5.78 Å². The van der Waals surface area contributed by atoms with Crippen LogP contribution >= 0.6 is 0 Å². The van der Waals surface area contributed by atoms with Gasteiger partial charge in [0.05, 0.1) is 6.61 Å². The molecule has 3 nitrogen and oxygen atoms in total. The van der Waals surface area contributed by atoms with Crippen molar-refractivity contribution >= 4 is 17.5 Å². The molecule has 2 aromatic rings. The summed E-state index contributed by atoms with van der Waals surface area (Å²) < 4.78 is 5.84. The molecule has 30 heavy (non-hydrogen) atoms. The van der Waals surface area contributed by atoms with E-state index in [2.05, 4.69) is 6.92 Å². The van der Waals surface area contributed by atoms with Gasteiger partial charge >= 0.3 is 0 Å². The van der Waals surface area contributed by atoms with Crippen molar-refractivity contribution in [1.82, 2.24) is 0 Å². The van der Waals surface area contributed by atoms with E-state index >= 15 is 0 Å². The van der Waals surface area contributed by atoms with Crippen molar-refractivity contribution in [1.29, 1.82) is 0 Å². The number of benzene rings is 2.